The summed E-state index contributed by atoms with van der Waals surface area (Å²) in [4.78, 5) is 3.94. The maximum atomic E-state index is 8.55. The second kappa shape index (κ2) is 5.11. The normalized spacial score (nSPS) is 9.83. The van der Waals surface area contributed by atoms with Gasteiger partial charge in [0.25, 0.3) is 0 Å². The molecule has 0 atom stereocenters. The first kappa shape index (κ1) is 9.48. The van der Waals surface area contributed by atoms with E-state index in [0.29, 0.717) is 0 Å². The summed E-state index contributed by atoms with van der Waals surface area (Å²) in [6, 6.07) is 1.89. The van der Waals surface area contributed by atoms with E-state index < -0.39 is 0 Å². The second-order valence-electron chi connectivity index (χ2n) is 2.36. The molecule has 0 aliphatic rings. The summed E-state index contributed by atoms with van der Waals surface area (Å²) >= 11 is 3.36. The molecule has 3 nitrogen and oxygen atoms in total. The van der Waals surface area contributed by atoms with Crippen molar-refractivity contribution in [1.82, 2.24) is 4.98 Å². The van der Waals surface area contributed by atoms with Crippen molar-refractivity contribution in [3.63, 3.8) is 0 Å². The molecule has 66 valence electrons. The van der Waals surface area contributed by atoms with Crippen LogP contribution in [0.4, 0.5) is 5.69 Å². The minimum Gasteiger partial charge on any atom is -0.396 e. The zero-order chi connectivity index (χ0) is 8.81. The van der Waals surface area contributed by atoms with Crippen LogP contribution in [0.2, 0.25) is 0 Å². The number of hydrogen-bond donors (Lipinski definition) is 2. The summed E-state index contributed by atoms with van der Waals surface area (Å²) in [6.07, 6.45) is 4.22. The van der Waals surface area contributed by atoms with Gasteiger partial charge in [0.15, 0.2) is 0 Å². The minimum absolute atomic E-state index is 0.218. The van der Waals surface area contributed by atoms with Gasteiger partial charge < -0.3 is 10.4 Å². The van der Waals surface area contributed by atoms with Crippen LogP contribution in [0, 0.1) is 0 Å². The molecule has 0 aliphatic carbocycles. The fourth-order valence-electron chi connectivity index (χ4n) is 0.821. The fraction of sp³-hybridized carbons (Fsp3) is 0.375. The first-order valence-corrected chi connectivity index (χ1v) is 4.58. The van der Waals surface area contributed by atoms with E-state index in [9.17, 15) is 0 Å². The number of nitrogens with one attached hydrogen (secondary N) is 1. The highest BCUT2D eigenvalue weighted by Gasteiger charge is 1.95. The van der Waals surface area contributed by atoms with Crippen LogP contribution in [-0.2, 0) is 0 Å². The molecule has 0 bridgehead atoms. The Kier molecular flexibility index (Phi) is 4.04. The predicted octanol–water partition coefficient (Wildman–Crippen LogP) is 1.64. The average molecular weight is 231 g/mol. The van der Waals surface area contributed by atoms with Gasteiger partial charge in [-0.1, -0.05) is 0 Å². The monoisotopic (exact) mass is 230 g/mol. The first-order valence-electron chi connectivity index (χ1n) is 3.79. The van der Waals surface area contributed by atoms with Crippen LogP contribution < -0.4 is 5.32 Å². The van der Waals surface area contributed by atoms with Crippen LogP contribution in [0.1, 0.15) is 6.42 Å². The Morgan fingerprint density at radius 1 is 1.58 bits per heavy atom. The number of aromatic nitrogens is 1. The third-order valence-corrected chi connectivity index (χ3v) is 2.05. The second-order valence-corrected chi connectivity index (χ2v) is 3.21. The van der Waals surface area contributed by atoms with Gasteiger partial charge in [-0.2, -0.15) is 0 Å². The lowest BCUT2D eigenvalue weighted by Crippen LogP contribution is -2.03. The van der Waals surface area contributed by atoms with Crippen molar-refractivity contribution in [2.24, 2.45) is 0 Å². The first-order chi connectivity index (χ1) is 5.84. The van der Waals surface area contributed by atoms with E-state index in [1.54, 1.807) is 12.4 Å². The molecule has 12 heavy (non-hydrogen) atoms. The largest absolute Gasteiger partial charge is 0.396 e. The Morgan fingerprint density at radius 3 is 3.08 bits per heavy atom. The molecule has 1 aromatic rings. The van der Waals surface area contributed by atoms with E-state index in [1.165, 1.54) is 0 Å². The van der Waals surface area contributed by atoms with Crippen molar-refractivity contribution in [2.45, 2.75) is 6.42 Å². The number of halogens is 1. The molecule has 0 fully saturated rings. The SMILES string of the molecule is OCCCNc1ccncc1Br. The van der Waals surface area contributed by atoms with Gasteiger partial charge >= 0.3 is 0 Å². The average Bonchev–Trinajstić information content (AvgIpc) is 2.09. The summed E-state index contributed by atoms with van der Waals surface area (Å²) in [5, 5.41) is 11.7. The lowest BCUT2D eigenvalue weighted by Gasteiger charge is -2.05. The lowest BCUT2D eigenvalue weighted by atomic mass is 10.4. The van der Waals surface area contributed by atoms with Gasteiger partial charge in [0.1, 0.15) is 0 Å². The highest BCUT2D eigenvalue weighted by Crippen LogP contribution is 2.19. The van der Waals surface area contributed by atoms with Gasteiger partial charge in [-0.05, 0) is 28.4 Å². The molecule has 0 unspecified atom stereocenters. The van der Waals surface area contributed by atoms with E-state index in [2.05, 4.69) is 26.2 Å². The Morgan fingerprint density at radius 2 is 2.42 bits per heavy atom. The number of aliphatic hydroxyl groups excluding tert-OH is 1. The Bertz CT molecular complexity index is 242. The standard InChI is InChI=1S/C8H11BrN2O/c9-7-6-10-4-2-8(7)11-3-1-5-12/h2,4,6,12H,1,3,5H2,(H,10,11). The van der Waals surface area contributed by atoms with E-state index in [1.807, 2.05) is 6.07 Å². The van der Waals surface area contributed by atoms with Gasteiger partial charge in [-0.25, -0.2) is 0 Å². The molecule has 1 heterocycles. The maximum Gasteiger partial charge on any atom is 0.0590 e. The molecule has 0 amide bonds. The summed E-state index contributed by atoms with van der Waals surface area (Å²) in [5.41, 5.74) is 1.01. The Balaban J connectivity index is 2.46. The van der Waals surface area contributed by atoms with E-state index >= 15 is 0 Å². The molecule has 0 aromatic carbocycles. The number of nitrogens with zero attached hydrogens (tertiary/aromatic N) is 1. The van der Waals surface area contributed by atoms with E-state index in [-0.39, 0.29) is 6.61 Å². The number of hydrogen-bond acceptors (Lipinski definition) is 3. The molecule has 1 aromatic heterocycles. The van der Waals surface area contributed by atoms with Gasteiger partial charge in [0, 0.05) is 25.5 Å². The predicted molar refractivity (Wildman–Crippen MR) is 52.1 cm³/mol. The van der Waals surface area contributed by atoms with Crippen LogP contribution in [0.25, 0.3) is 0 Å². The van der Waals surface area contributed by atoms with Gasteiger partial charge in [-0.15, -0.1) is 0 Å². The van der Waals surface area contributed by atoms with Crippen molar-refractivity contribution in [2.75, 3.05) is 18.5 Å². The minimum atomic E-state index is 0.218. The van der Waals surface area contributed by atoms with Crippen molar-refractivity contribution < 1.29 is 5.11 Å². The number of anilines is 1. The molecule has 1 rings (SSSR count). The number of rotatable bonds is 4. The smallest absolute Gasteiger partial charge is 0.0590 e. The molecule has 4 heteroatoms. The topological polar surface area (TPSA) is 45.1 Å². The van der Waals surface area contributed by atoms with Crippen molar-refractivity contribution in [3.8, 4) is 0 Å². The molecular formula is C8H11BrN2O. The lowest BCUT2D eigenvalue weighted by molar-refractivity contribution is 0.292. The molecular weight excluding hydrogens is 220 g/mol. The van der Waals surface area contributed by atoms with E-state index in [0.717, 1.165) is 23.1 Å². The van der Waals surface area contributed by atoms with Crippen LogP contribution >= 0.6 is 15.9 Å². The zero-order valence-electron chi connectivity index (χ0n) is 6.63. The quantitative estimate of drug-likeness (QED) is 0.774. The van der Waals surface area contributed by atoms with Gasteiger partial charge in [0.05, 0.1) is 10.2 Å². The molecule has 2 N–H and O–H groups in total. The highest BCUT2D eigenvalue weighted by atomic mass is 79.9. The summed E-state index contributed by atoms with van der Waals surface area (Å²) < 4.78 is 0.947. The van der Waals surface area contributed by atoms with E-state index in [4.69, 9.17) is 5.11 Å². The molecule has 0 radical (unpaired) electrons. The molecule has 0 aliphatic heterocycles. The van der Waals surface area contributed by atoms with Crippen LogP contribution in [0.5, 0.6) is 0 Å². The van der Waals surface area contributed by atoms with Gasteiger partial charge in [-0.3, -0.25) is 4.98 Å². The van der Waals surface area contributed by atoms with Crippen molar-refractivity contribution >= 4 is 21.6 Å². The zero-order valence-corrected chi connectivity index (χ0v) is 8.21. The number of pyridine rings is 1. The van der Waals surface area contributed by atoms with Crippen LogP contribution in [-0.4, -0.2) is 23.2 Å². The molecule has 0 spiro atoms. The van der Waals surface area contributed by atoms with Crippen molar-refractivity contribution in [1.29, 1.82) is 0 Å². The fourth-order valence-corrected chi connectivity index (χ4v) is 1.21. The highest BCUT2D eigenvalue weighted by molar-refractivity contribution is 9.10. The van der Waals surface area contributed by atoms with Crippen LogP contribution in [0.3, 0.4) is 0 Å². The number of aliphatic hydroxyl groups is 1. The van der Waals surface area contributed by atoms with Crippen molar-refractivity contribution in [3.05, 3.63) is 22.9 Å². The molecule has 0 saturated carbocycles. The maximum absolute atomic E-state index is 8.55. The Labute approximate surface area is 80.0 Å². The summed E-state index contributed by atoms with van der Waals surface area (Å²) in [5.74, 6) is 0. The van der Waals surface area contributed by atoms with Crippen LogP contribution in [0.15, 0.2) is 22.9 Å². The van der Waals surface area contributed by atoms with Gasteiger partial charge in [0.2, 0.25) is 0 Å². The third-order valence-electron chi connectivity index (χ3n) is 1.42. The third kappa shape index (κ3) is 2.79. The molecule has 0 saturated heterocycles. The summed E-state index contributed by atoms with van der Waals surface area (Å²) in [7, 11) is 0. The summed E-state index contributed by atoms with van der Waals surface area (Å²) in [6.45, 7) is 0.995. The Hall–Kier alpha value is -0.610.